The highest BCUT2D eigenvalue weighted by molar-refractivity contribution is 4.70. The summed E-state index contributed by atoms with van der Waals surface area (Å²) in [5.74, 6) is -0.582. The minimum absolute atomic E-state index is 0.359. The van der Waals surface area contributed by atoms with Crippen molar-refractivity contribution in [2.75, 3.05) is 13.2 Å². The molecule has 0 aliphatic heterocycles. The van der Waals surface area contributed by atoms with Crippen LogP contribution in [0.3, 0.4) is 0 Å². The molecule has 0 saturated carbocycles. The van der Waals surface area contributed by atoms with E-state index in [0.717, 1.165) is 12.8 Å². The molecule has 3 heteroatoms. The molecule has 0 aromatic heterocycles. The monoisotopic (exact) mass is 287 g/mol. The number of nitrogens with one attached hydrogen (secondary N) is 1. The molecule has 0 heterocycles. The Kier molecular flexibility index (Phi) is 12.5. The van der Waals surface area contributed by atoms with E-state index in [9.17, 15) is 0 Å². The van der Waals surface area contributed by atoms with Crippen molar-refractivity contribution in [2.24, 2.45) is 0 Å². The summed E-state index contributed by atoms with van der Waals surface area (Å²) >= 11 is 0. The van der Waals surface area contributed by atoms with E-state index in [2.05, 4.69) is 26.1 Å². The van der Waals surface area contributed by atoms with Gasteiger partial charge in [0.2, 0.25) is 5.91 Å². The molecule has 0 aromatic carbocycles. The van der Waals surface area contributed by atoms with Crippen molar-refractivity contribution in [3.8, 4) is 0 Å². The van der Waals surface area contributed by atoms with Crippen LogP contribution in [-0.2, 0) is 9.47 Å². The molecule has 0 spiro atoms. The summed E-state index contributed by atoms with van der Waals surface area (Å²) in [6, 6.07) is 0.359. The molecule has 0 atom stereocenters. The highest BCUT2D eigenvalue weighted by Crippen LogP contribution is 2.20. The lowest BCUT2D eigenvalue weighted by atomic mass is 10.1. The van der Waals surface area contributed by atoms with Gasteiger partial charge in [0.05, 0.1) is 0 Å². The molecule has 0 amide bonds. The third-order valence-electron chi connectivity index (χ3n) is 3.37. The molecule has 1 N–H and O–H groups in total. The SMILES string of the molecule is CCCCCCCCCC(NC(C)C)(OCC)OCC. The van der Waals surface area contributed by atoms with E-state index in [-0.39, 0.29) is 0 Å². The first-order chi connectivity index (χ1) is 9.60. The van der Waals surface area contributed by atoms with Crippen LogP contribution in [0.4, 0.5) is 0 Å². The molecular formula is C17H37NO2. The second-order valence-corrected chi connectivity index (χ2v) is 5.79. The molecule has 0 bridgehead atoms. The summed E-state index contributed by atoms with van der Waals surface area (Å²) in [4.78, 5) is 0. The lowest BCUT2D eigenvalue weighted by molar-refractivity contribution is -0.260. The van der Waals surface area contributed by atoms with Crippen molar-refractivity contribution in [1.29, 1.82) is 0 Å². The maximum atomic E-state index is 5.89. The fraction of sp³-hybridized carbons (Fsp3) is 1.00. The Hall–Kier alpha value is -0.120. The molecule has 0 saturated heterocycles. The first-order valence-electron chi connectivity index (χ1n) is 8.65. The van der Waals surface area contributed by atoms with Crippen molar-refractivity contribution >= 4 is 0 Å². The van der Waals surface area contributed by atoms with Crippen LogP contribution in [0.15, 0.2) is 0 Å². The molecule has 0 aliphatic rings. The molecule has 0 radical (unpaired) electrons. The van der Waals surface area contributed by atoms with Crippen molar-refractivity contribution in [3.63, 3.8) is 0 Å². The summed E-state index contributed by atoms with van der Waals surface area (Å²) in [6.07, 6.45) is 10.1. The van der Waals surface area contributed by atoms with Crippen LogP contribution in [0.2, 0.25) is 0 Å². The van der Waals surface area contributed by atoms with Gasteiger partial charge < -0.3 is 9.47 Å². The molecule has 122 valence electrons. The largest absolute Gasteiger partial charge is 0.338 e. The Bertz CT molecular complexity index is 201. The zero-order valence-corrected chi connectivity index (χ0v) is 14.5. The molecule has 0 rings (SSSR count). The third kappa shape index (κ3) is 9.73. The smallest absolute Gasteiger partial charge is 0.227 e. The summed E-state index contributed by atoms with van der Waals surface area (Å²) in [7, 11) is 0. The fourth-order valence-corrected chi connectivity index (χ4v) is 2.56. The number of ether oxygens (including phenoxy) is 2. The topological polar surface area (TPSA) is 30.5 Å². The molecule has 0 aromatic rings. The Labute approximate surface area is 126 Å². The molecule has 0 fully saturated rings. The van der Waals surface area contributed by atoms with E-state index in [1.54, 1.807) is 0 Å². The Balaban J connectivity index is 4.06. The Morgan fingerprint density at radius 3 is 1.75 bits per heavy atom. The zero-order chi connectivity index (χ0) is 15.3. The zero-order valence-electron chi connectivity index (χ0n) is 14.5. The van der Waals surface area contributed by atoms with Gasteiger partial charge in [0, 0.05) is 25.7 Å². The minimum atomic E-state index is -0.582. The standard InChI is InChI=1S/C17H37NO2/c1-6-9-10-11-12-13-14-15-17(19-7-2,20-8-3)18-16(4)5/h16,18H,6-15H2,1-5H3. The van der Waals surface area contributed by atoms with Gasteiger partial charge in [-0.1, -0.05) is 45.4 Å². The van der Waals surface area contributed by atoms with Gasteiger partial charge in [0.25, 0.3) is 0 Å². The van der Waals surface area contributed by atoms with E-state index in [1.807, 2.05) is 13.8 Å². The van der Waals surface area contributed by atoms with Crippen LogP contribution in [-0.4, -0.2) is 25.2 Å². The van der Waals surface area contributed by atoms with Crippen molar-refractivity contribution in [2.45, 2.75) is 97.9 Å². The molecule has 20 heavy (non-hydrogen) atoms. The van der Waals surface area contributed by atoms with Gasteiger partial charge in [0.1, 0.15) is 0 Å². The minimum Gasteiger partial charge on any atom is -0.338 e. The Morgan fingerprint density at radius 2 is 1.30 bits per heavy atom. The van der Waals surface area contributed by atoms with Crippen LogP contribution in [0, 0.1) is 0 Å². The first-order valence-corrected chi connectivity index (χ1v) is 8.65. The highest BCUT2D eigenvalue weighted by atomic mass is 16.7. The van der Waals surface area contributed by atoms with Gasteiger partial charge in [-0.3, -0.25) is 5.32 Å². The van der Waals surface area contributed by atoms with Crippen LogP contribution in [0.1, 0.15) is 86.0 Å². The fourth-order valence-electron chi connectivity index (χ4n) is 2.56. The molecular weight excluding hydrogens is 250 g/mol. The van der Waals surface area contributed by atoms with Crippen LogP contribution in [0.5, 0.6) is 0 Å². The predicted molar refractivity (Wildman–Crippen MR) is 86.9 cm³/mol. The van der Waals surface area contributed by atoms with Crippen molar-refractivity contribution in [1.82, 2.24) is 5.32 Å². The Morgan fingerprint density at radius 1 is 0.800 bits per heavy atom. The lowest BCUT2D eigenvalue weighted by Gasteiger charge is -2.35. The predicted octanol–water partition coefficient (Wildman–Crippen LogP) is 4.85. The van der Waals surface area contributed by atoms with E-state index >= 15 is 0 Å². The summed E-state index contributed by atoms with van der Waals surface area (Å²) in [5.41, 5.74) is 0. The maximum Gasteiger partial charge on any atom is 0.227 e. The lowest BCUT2D eigenvalue weighted by Crippen LogP contribution is -2.53. The van der Waals surface area contributed by atoms with Crippen LogP contribution in [0.25, 0.3) is 0 Å². The average molecular weight is 287 g/mol. The van der Waals surface area contributed by atoms with Crippen molar-refractivity contribution < 1.29 is 9.47 Å². The summed E-state index contributed by atoms with van der Waals surface area (Å²) in [6.45, 7) is 11.9. The van der Waals surface area contributed by atoms with E-state index in [0.29, 0.717) is 19.3 Å². The van der Waals surface area contributed by atoms with E-state index < -0.39 is 5.91 Å². The molecule has 3 nitrogen and oxygen atoms in total. The average Bonchev–Trinajstić information content (AvgIpc) is 2.37. The molecule has 0 unspecified atom stereocenters. The third-order valence-corrected chi connectivity index (χ3v) is 3.37. The number of hydrogen-bond acceptors (Lipinski definition) is 3. The van der Waals surface area contributed by atoms with Crippen LogP contribution < -0.4 is 5.32 Å². The summed E-state index contributed by atoms with van der Waals surface area (Å²) in [5, 5.41) is 3.46. The number of unbranched alkanes of at least 4 members (excludes halogenated alkanes) is 6. The molecule has 0 aliphatic carbocycles. The second-order valence-electron chi connectivity index (χ2n) is 5.79. The summed E-state index contributed by atoms with van der Waals surface area (Å²) < 4.78 is 11.8. The van der Waals surface area contributed by atoms with Crippen LogP contribution >= 0.6 is 0 Å². The van der Waals surface area contributed by atoms with Crippen molar-refractivity contribution in [3.05, 3.63) is 0 Å². The van der Waals surface area contributed by atoms with Gasteiger partial charge in [-0.05, 0) is 34.1 Å². The van der Waals surface area contributed by atoms with Gasteiger partial charge in [-0.2, -0.15) is 0 Å². The van der Waals surface area contributed by atoms with Gasteiger partial charge >= 0.3 is 0 Å². The number of rotatable bonds is 14. The maximum absolute atomic E-state index is 5.89. The van der Waals surface area contributed by atoms with Gasteiger partial charge in [0.15, 0.2) is 0 Å². The number of hydrogen-bond donors (Lipinski definition) is 1. The van der Waals surface area contributed by atoms with E-state index in [1.165, 1.54) is 38.5 Å². The van der Waals surface area contributed by atoms with Gasteiger partial charge in [-0.25, -0.2) is 0 Å². The van der Waals surface area contributed by atoms with E-state index in [4.69, 9.17) is 9.47 Å². The quantitative estimate of drug-likeness (QED) is 0.366. The van der Waals surface area contributed by atoms with Gasteiger partial charge in [-0.15, -0.1) is 0 Å². The normalized spacial score (nSPS) is 12.3. The first kappa shape index (κ1) is 19.9. The second kappa shape index (κ2) is 12.6. The highest BCUT2D eigenvalue weighted by Gasteiger charge is 2.31.